The lowest BCUT2D eigenvalue weighted by atomic mass is 10.0. The molecule has 0 amide bonds. The van der Waals surface area contributed by atoms with Crippen LogP contribution in [0.1, 0.15) is 18.1 Å². The maximum Gasteiger partial charge on any atom is 0.313 e. The van der Waals surface area contributed by atoms with E-state index in [9.17, 15) is 14.5 Å². The van der Waals surface area contributed by atoms with E-state index in [2.05, 4.69) is 15.3 Å². The molecule has 21 heavy (non-hydrogen) atoms. The van der Waals surface area contributed by atoms with Gasteiger partial charge in [-0.1, -0.05) is 6.07 Å². The van der Waals surface area contributed by atoms with Crippen LogP contribution in [0, 0.1) is 29.8 Å². The van der Waals surface area contributed by atoms with E-state index < -0.39 is 10.7 Å². The number of hydrogen-bond donors (Lipinski definition) is 1. The SMILES string of the molecule is CCNc1ncc([N+](=O)[O-])c(-c2c(C)cc(C)cc2F)n1. The summed E-state index contributed by atoms with van der Waals surface area (Å²) in [6.07, 6.45) is 1.10. The van der Waals surface area contributed by atoms with Gasteiger partial charge in [0, 0.05) is 12.1 Å². The molecule has 0 atom stereocenters. The summed E-state index contributed by atoms with van der Waals surface area (Å²) in [4.78, 5) is 18.5. The van der Waals surface area contributed by atoms with Gasteiger partial charge in [0.1, 0.15) is 12.0 Å². The van der Waals surface area contributed by atoms with Gasteiger partial charge in [0.15, 0.2) is 5.69 Å². The average Bonchev–Trinajstić information content (AvgIpc) is 2.37. The van der Waals surface area contributed by atoms with Crippen molar-refractivity contribution in [2.45, 2.75) is 20.8 Å². The lowest BCUT2D eigenvalue weighted by Crippen LogP contribution is -2.06. The Morgan fingerprint density at radius 1 is 1.38 bits per heavy atom. The van der Waals surface area contributed by atoms with Crippen molar-refractivity contribution < 1.29 is 9.31 Å². The predicted octanol–water partition coefficient (Wildman–Crippen LogP) is 3.24. The van der Waals surface area contributed by atoms with Crippen molar-refractivity contribution in [3.05, 3.63) is 45.4 Å². The second-order valence-corrected chi connectivity index (χ2v) is 4.65. The summed E-state index contributed by atoms with van der Waals surface area (Å²) < 4.78 is 14.3. The highest BCUT2D eigenvalue weighted by molar-refractivity contribution is 5.73. The minimum atomic E-state index is -0.607. The fourth-order valence-electron chi connectivity index (χ4n) is 2.15. The number of nitrogens with one attached hydrogen (secondary N) is 1. The number of halogens is 1. The summed E-state index contributed by atoms with van der Waals surface area (Å²) in [6.45, 7) is 5.87. The molecule has 2 rings (SSSR count). The Hall–Kier alpha value is -2.57. The molecule has 0 aliphatic heterocycles. The zero-order valence-corrected chi connectivity index (χ0v) is 12.0. The van der Waals surface area contributed by atoms with Crippen molar-refractivity contribution in [2.24, 2.45) is 0 Å². The molecule has 0 bridgehead atoms. The van der Waals surface area contributed by atoms with Crippen molar-refractivity contribution in [3.8, 4) is 11.3 Å². The van der Waals surface area contributed by atoms with E-state index >= 15 is 0 Å². The normalized spacial score (nSPS) is 10.5. The van der Waals surface area contributed by atoms with Gasteiger partial charge in [-0.3, -0.25) is 10.1 Å². The lowest BCUT2D eigenvalue weighted by Gasteiger charge is -2.10. The molecule has 0 spiro atoms. The Morgan fingerprint density at radius 3 is 2.67 bits per heavy atom. The van der Waals surface area contributed by atoms with E-state index in [-0.39, 0.29) is 22.9 Å². The Labute approximate surface area is 121 Å². The lowest BCUT2D eigenvalue weighted by molar-refractivity contribution is -0.384. The third-order valence-corrected chi connectivity index (χ3v) is 2.97. The molecule has 0 aliphatic rings. The van der Waals surface area contributed by atoms with Gasteiger partial charge in [0.2, 0.25) is 5.95 Å². The van der Waals surface area contributed by atoms with Crippen LogP contribution in [-0.2, 0) is 0 Å². The summed E-state index contributed by atoms with van der Waals surface area (Å²) >= 11 is 0. The molecule has 1 aromatic carbocycles. The zero-order chi connectivity index (χ0) is 15.6. The molecule has 0 radical (unpaired) electrons. The van der Waals surface area contributed by atoms with Gasteiger partial charge >= 0.3 is 5.69 Å². The first kappa shape index (κ1) is 14.8. The number of anilines is 1. The van der Waals surface area contributed by atoms with Crippen LogP contribution in [0.25, 0.3) is 11.3 Å². The third kappa shape index (κ3) is 2.96. The average molecular weight is 290 g/mol. The van der Waals surface area contributed by atoms with Crippen molar-refractivity contribution in [1.29, 1.82) is 0 Å². The first-order chi connectivity index (χ1) is 9.93. The van der Waals surface area contributed by atoms with Crippen LogP contribution in [0.3, 0.4) is 0 Å². The van der Waals surface area contributed by atoms with Crippen LogP contribution >= 0.6 is 0 Å². The molecule has 1 heterocycles. The molecular weight excluding hydrogens is 275 g/mol. The molecule has 110 valence electrons. The largest absolute Gasteiger partial charge is 0.354 e. The van der Waals surface area contributed by atoms with Crippen molar-refractivity contribution in [3.63, 3.8) is 0 Å². The summed E-state index contributed by atoms with van der Waals surface area (Å²) in [5.41, 5.74) is 1.14. The number of aryl methyl sites for hydroxylation is 2. The second-order valence-electron chi connectivity index (χ2n) is 4.65. The number of nitrogens with zero attached hydrogens (tertiary/aromatic N) is 3. The van der Waals surface area contributed by atoms with Gasteiger partial charge in [0.05, 0.1) is 4.92 Å². The second kappa shape index (κ2) is 5.82. The van der Waals surface area contributed by atoms with E-state index in [4.69, 9.17) is 0 Å². The zero-order valence-electron chi connectivity index (χ0n) is 12.0. The molecule has 7 heteroatoms. The van der Waals surface area contributed by atoms with Gasteiger partial charge in [-0.25, -0.2) is 14.4 Å². The topological polar surface area (TPSA) is 81.0 Å². The van der Waals surface area contributed by atoms with Crippen LogP contribution in [0.4, 0.5) is 16.0 Å². The Morgan fingerprint density at radius 2 is 2.10 bits per heavy atom. The van der Waals surface area contributed by atoms with Crippen LogP contribution < -0.4 is 5.32 Å². The number of nitro groups is 1. The molecule has 0 saturated carbocycles. The molecule has 1 aromatic heterocycles. The smallest absolute Gasteiger partial charge is 0.313 e. The molecule has 0 fully saturated rings. The minimum absolute atomic E-state index is 0.0130. The number of rotatable bonds is 4. The van der Waals surface area contributed by atoms with E-state index in [1.807, 2.05) is 6.92 Å². The van der Waals surface area contributed by atoms with Crippen LogP contribution in [0.15, 0.2) is 18.3 Å². The van der Waals surface area contributed by atoms with Crippen LogP contribution in [0.5, 0.6) is 0 Å². The molecule has 6 nitrogen and oxygen atoms in total. The summed E-state index contributed by atoms with van der Waals surface area (Å²) in [6, 6.07) is 3.10. The first-order valence-electron chi connectivity index (χ1n) is 6.46. The van der Waals surface area contributed by atoms with Gasteiger partial charge in [-0.2, -0.15) is 0 Å². The Bertz CT molecular complexity index is 680. The van der Waals surface area contributed by atoms with Crippen LogP contribution in [0.2, 0.25) is 0 Å². The fraction of sp³-hybridized carbons (Fsp3) is 0.286. The molecule has 0 aliphatic carbocycles. The first-order valence-corrected chi connectivity index (χ1v) is 6.46. The molecule has 0 unspecified atom stereocenters. The highest BCUT2D eigenvalue weighted by atomic mass is 19.1. The maximum absolute atomic E-state index is 14.3. The molecule has 1 N–H and O–H groups in total. The van der Waals surface area contributed by atoms with Gasteiger partial charge in [-0.15, -0.1) is 0 Å². The third-order valence-electron chi connectivity index (χ3n) is 2.97. The highest BCUT2D eigenvalue weighted by Crippen LogP contribution is 2.33. The van der Waals surface area contributed by atoms with Gasteiger partial charge in [-0.05, 0) is 38.0 Å². The molecule has 2 aromatic rings. The van der Waals surface area contributed by atoms with Crippen molar-refractivity contribution in [1.82, 2.24) is 9.97 Å². The van der Waals surface area contributed by atoms with Crippen LogP contribution in [-0.4, -0.2) is 21.4 Å². The summed E-state index contributed by atoms with van der Waals surface area (Å²) in [5, 5.41) is 14.0. The van der Waals surface area contributed by atoms with Crippen molar-refractivity contribution >= 4 is 11.6 Å². The number of aromatic nitrogens is 2. The van der Waals surface area contributed by atoms with Crippen molar-refractivity contribution in [2.75, 3.05) is 11.9 Å². The summed E-state index contributed by atoms with van der Waals surface area (Å²) in [7, 11) is 0. The fourth-order valence-corrected chi connectivity index (χ4v) is 2.15. The quantitative estimate of drug-likeness (QED) is 0.690. The Balaban J connectivity index is 2.71. The Kier molecular flexibility index (Phi) is 4.11. The monoisotopic (exact) mass is 290 g/mol. The number of benzene rings is 1. The van der Waals surface area contributed by atoms with Gasteiger partial charge < -0.3 is 5.32 Å². The van der Waals surface area contributed by atoms with E-state index in [1.54, 1.807) is 19.9 Å². The molecular formula is C14H15FN4O2. The number of hydrogen-bond acceptors (Lipinski definition) is 5. The predicted molar refractivity (Wildman–Crippen MR) is 77.7 cm³/mol. The minimum Gasteiger partial charge on any atom is -0.354 e. The molecule has 0 saturated heterocycles. The maximum atomic E-state index is 14.3. The summed E-state index contributed by atoms with van der Waals surface area (Å²) in [5.74, 6) is -0.297. The van der Waals surface area contributed by atoms with E-state index in [1.165, 1.54) is 6.07 Å². The highest BCUT2D eigenvalue weighted by Gasteiger charge is 2.23. The van der Waals surface area contributed by atoms with Gasteiger partial charge in [0.25, 0.3) is 0 Å². The van der Waals surface area contributed by atoms with E-state index in [0.29, 0.717) is 12.1 Å². The standard InChI is InChI=1S/C14H15FN4O2/c1-4-16-14-17-7-11(19(20)21)13(18-14)12-9(3)5-8(2)6-10(12)15/h5-7H,4H2,1-3H3,(H,16,17,18). The van der Waals surface area contributed by atoms with E-state index in [0.717, 1.165) is 11.8 Å².